The molecule has 4 bridgehead atoms. The fourth-order valence-corrected chi connectivity index (χ4v) is 8.47. The molecule has 4 aliphatic carbocycles. The van der Waals surface area contributed by atoms with E-state index in [1.807, 2.05) is 23.9 Å². The van der Waals surface area contributed by atoms with Gasteiger partial charge in [-0.05, 0) is 93.7 Å². The SMILES string of the molecule is CCCCc1ccc(NC(=O)CC2CSC(=NC34CC5CC(CC(C5)C3)C4)N2CC)cc1.Cl. The van der Waals surface area contributed by atoms with Crippen LogP contribution in [0.1, 0.15) is 77.2 Å². The highest BCUT2D eigenvalue weighted by atomic mass is 35.5. The van der Waals surface area contributed by atoms with Gasteiger partial charge in [-0.1, -0.05) is 37.2 Å². The summed E-state index contributed by atoms with van der Waals surface area (Å²) < 4.78 is 0. The summed E-state index contributed by atoms with van der Waals surface area (Å²) in [4.78, 5) is 20.7. The molecule has 1 atom stereocenters. The Morgan fingerprint density at radius 1 is 1.09 bits per heavy atom. The zero-order chi connectivity index (χ0) is 22.1. The number of unbranched alkanes of at least 4 members (excludes halogenated alkanes) is 1. The number of carbonyl (C=O) groups is 1. The molecule has 6 heteroatoms. The van der Waals surface area contributed by atoms with Gasteiger partial charge in [0.05, 0.1) is 5.54 Å². The second-order valence-corrected chi connectivity index (χ2v) is 11.8. The van der Waals surface area contributed by atoms with Crippen LogP contribution in [-0.2, 0) is 11.2 Å². The molecular formula is C27H40ClN3OS. The molecule has 5 fully saturated rings. The molecule has 1 saturated heterocycles. The number of aliphatic imine (C=N–C) groups is 1. The standard InChI is InChI=1S/C27H39N3OS.ClH/c1-3-5-6-19-7-9-23(10-8-19)28-25(31)14-24-18-32-26(30(24)4-2)29-27-15-20-11-21(16-27)13-22(12-20)17-27;/h7-10,20-22,24H,3-6,11-18H2,1-2H3,(H,28,31);1H. The Bertz CT molecular complexity index is 820. The molecule has 1 aromatic carbocycles. The maximum Gasteiger partial charge on any atom is 0.226 e. The van der Waals surface area contributed by atoms with Crippen molar-refractivity contribution in [2.24, 2.45) is 22.7 Å². The van der Waals surface area contributed by atoms with E-state index in [1.165, 1.54) is 62.1 Å². The molecule has 5 aliphatic rings. The smallest absolute Gasteiger partial charge is 0.226 e. The van der Waals surface area contributed by atoms with Crippen LogP contribution in [0.4, 0.5) is 5.69 Å². The molecular weight excluding hydrogens is 450 g/mol. The first-order valence-electron chi connectivity index (χ1n) is 12.9. The number of hydrogen-bond donors (Lipinski definition) is 1. The average Bonchev–Trinajstić information content (AvgIpc) is 3.12. The molecule has 1 amide bonds. The van der Waals surface area contributed by atoms with E-state index in [4.69, 9.17) is 4.99 Å². The minimum Gasteiger partial charge on any atom is -0.347 e. The molecule has 0 spiro atoms. The Morgan fingerprint density at radius 2 is 1.73 bits per heavy atom. The van der Waals surface area contributed by atoms with Crippen molar-refractivity contribution in [2.75, 3.05) is 17.6 Å². The summed E-state index contributed by atoms with van der Waals surface area (Å²) in [6.45, 7) is 5.36. The third-order valence-electron chi connectivity index (χ3n) is 8.25. The number of anilines is 1. The monoisotopic (exact) mass is 489 g/mol. The quantitative estimate of drug-likeness (QED) is 0.450. The minimum absolute atomic E-state index is 0. The van der Waals surface area contributed by atoms with Crippen molar-refractivity contribution >= 4 is 40.9 Å². The lowest BCUT2D eigenvalue weighted by Gasteiger charge is -2.55. The van der Waals surface area contributed by atoms with E-state index in [-0.39, 0.29) is 29.9 Å². The van der Waals surface area contributed by atoms with Crippen molar-refractivity contribution in [1.29, 1.82) is 0 Å². The number of amides is 1. The summed E-state index contributed by atoms with van der Waals surface area (Å²) in [5.74, 6) is 3.85. The Hall–Kier alpha value is -1.20. The molecule has 6 rings (SSSR count). The Morgan fingerprint density at radius 3 is 2.30 bits per heavy atom. The first-order chi connectivity index (χ1) is 15.6. The van der Waals surface area contributed by atoms with E-state index in [0.717, 1.165) is 42.2 Å². The van der Waals surface area contributed by atoms with Crippen LogP contribution in [0, 0.1) is 17.8 Å². The first-order valence-corrected chi connectivity index (χ1v) is 13.9. The lowest BCUT2D eigenvalue weighted by atomic mass is 9.53. The van der Waals surface area contributed by atoms with Gasteiger partial charge in [-0.3, -0.25) is 9.79 Å². The van der Waals surface area contributed by atoms with Gasteiger partial charge in [-0.25, -0.2) is 0 Å². The third-order valence-corrected chi connectivity index (χ3v) is 9.38. The van der Waals surface area contributed by atoms with E-state index in [1.54, 1.807) is 0 Å². The van der Waals surface area contributed by atoms with Gasteiger partial charge in [0.2, 0.25) is 5.91 Å². The van der Waals surface area contributed by atoms with Crippen LogP contribution in [0.3, 0.4) is 0 Å². The Labute approximate surface area is 210 Å². The summed E-state index contributed by atoms with van der Waals surface area (Å²) in [5, 5.41) is 4.34. The Balaban J connectivity index is 0.00000259. The summed E-state index contributed by atoms with van der Waals surface area (Å²) >= 11 is 1.89. The number of halogens is 1. The van der Waals surface area contributed by atoms with Gasteiger partial charge in [0.15, 0.2) is 5.17 Å². The van der Waals surface area contributed by atoms with Gasteiger partial charge >= 0.3 is 0 Å². The highest BCUT2D eigenvalue weighted by Crippen LogP contribution is 2.57. The number of benzene rings is 1. The van der Waals surface area contributed by atoms with Crippen LogP contribution in [0.25, 0.3) is 0 Å². The van der Waals surface area contributed by atoms with Crippen LogP contribution >= 0.6 is 24.2 Å². The number of thioether (sulfide) groups is 1. The molecule has 33 heavy (non-hydrogen) atoms. The van der Waals surface area contributed by atoms with Crippen LogP contribution in [0.15, 0.2) is 29.3 Å². The van der Waals surface area contributed by atoms with E-state index >= 15 is 0 Å². The Kier molecular flexibility index (Phi) is 8.00. The minimum atomic E-state index is 0. The van der Waals surface area contributed by atoms with Gasteiger partial charge in [0, 0.05) is 30.4 Å². The maximum atomic E-state index is 12.8. The molecule has 1 aromatic rings. The van der Waals surface area contributed by atoms with Crippen molar-refractivity contribution < 1.29 is 4.79 Å². The number of carbonyl (C=O) groups excluding carboxylic acids is 1. The fraction of sp³-hybridized carbons (Fsp3) is 0.704. The summed E-state index contributed by atoms with van der Waals surface area (Å²) in [7, 11) is 0. The zero-order valence-corrected chi connectivity index (χ0v) is 21.9. The van der Waals surface area contributed by atoms with Crippen molar-refractivity contribution in [3.05, 3.63) is 29.8 Å². The number of nitrogens with one attached hydrogen (secondary N) is 1. The molecule has 182 valence electrons. The maximum absolute atomic E-state index is 12.8. The molecule has 0 aromatic heterocycles. The molecule has 1 unspecified atom stereocenters. The predicted octanol–water partition coefficient (Wildman–Crippen LogP) is 6.54. The second kappa shape index (κ2) is 10.6. The predicted molar refractivity (Wildman–Crippen MR) is 143 cm³/mol. The molecule has 1 aliphatic heterocycles. The van der Waals surface area contributed by atoms with Gasteiger partial charge in [0.25, 0.3) is 0 Å². The van der Waals surface area contributed by atoms with Crippen molar-refractivity contribution in [1.82, 2.24) is 4.90 Å². The van der Waals surface area contributed by atoms with Crippen molar-refractivity contribution in [3.63, 3.8) is 0 Å². The molecule has 4 nitrogen and oxygen atoms in total. The lowest BCUT2D eigenvalue weighted by molar-refractivity contribution is -0.116. The summed E-state index contributed by atoms with van der Waals surface area (Å²) in [6, 6.07) is 8.63. The first kappa shape index (κ1) is 24.9. The lowest BCUT2D eigenvalue weighted by Crippen LogP contribution is -2.50. The van der Waals surface area contributed by atoms with Crippen molar-refractivity contribution in [2.45, 2.75) is 89.6 Å². The molecule has 1 heterocycles. The van der Waals surface area contributed by atoms with Gasteiger partial charge in [0.1, 0.15) is 0 Å². The third kappa shape index (κ3) is 5.56. The fourth-order valence-electron chi connectivity index (χ4n) is 7.13. The van der Waals surface area contributed by atoms with E-state index < -0.39 is 0 Å². The topological polar surface area (TPSA) is 44.7 Å². The summed E-state index contributed by atoms with van der Waals surface area (Å²) in [5.41, 5.74) is 2.47. The number of nitrogens with zero attached hydrogens (tertiary/aromatic N) is 2. The van der Waals surface area contributed by atoms with Crippen LogP contribution in [-0.4, -0.2) is 39.9 Å². The second-order valence-electron chi connectivity index (χ2n) is 10.8. The van der Waals surface area contributed by atoms with Gasteiger partial charge in [-0.15, -0.1) is 12.4 Å². The normalized spacial score (nSPS) is 33.4. The van der Waals surface area contributed by atoms with Crippen molar-refractivity contribution in [3.8, 4) is 0 Å². The largest absolute Gasteiger partial charge is 0.347 e. The van der Waals surface area contributed by atoms with Crippen LogP contribution in [0.5, 0.6) is 0 Å². The number of aryl methyl sites for hydroxylation is 1. The number of rotatable bonds is 8. The van der Waals surface area contributed by atoms with E-state index in [0.29, 0.717) is 6.42 Å². The molecule has 4 saturated carbocycles. The van der Waals surface area contributed by atoms with Gasteiger partial charge in [-0.2, -0.15) is 0 Å². The number of amidine groups is 1. The summed E-state index contributed by atoms with van der Waals surface area (Å²) in [6.07, 6.45) is 12.4. The highest BCUT2D eigenvalue weighted by Gasteiger charge is 2.51. The van der Waals surface area contributed by atoms with Gasteiger partial charge < -0.3 is 10.2 Å². The molecule has 0 radical (unpaired) electrons. The van der Waals surface area contributed by atoms with E-state index in [2.05, 4.69) is 36.2 Å². The van der Waals surface area contributed by atoms with E-state index in [9.17, 15) is 4.79 Å². The average molecular weight is 490 g/mol. The number of hydrogen-bond acceptors (Lipinski definition) is 3. The highest BCUT2D eigenvalue weighted by molar-refractivity contribution is 8.14. The molecule has 1 N–H and O–H groups in total. The van der Waals surface area contributed by atoms with Crippen LogP contribution in [0.2, 0.25) is 0 Å². The zero-order valence-electron chi connectivity index (χ0n) is 20.2. The van der Waals surface area contributed by atoms with Crippen LogP contribution < -0.4 is 5.32 Å².